The van der Waals surface area contributed by atoms with Crippen LogP contribution in [0.4, 0.5) is 37.7 Å². The van der Waals surface area contributed by atoms with Gasteiger partial charge in [0.1, 0.15) is 0 Å². The van der Waals surface area contributed by atoms with Crippen LogP contribution in [0.25, 0.3) is 0 Å². The van der Waals surface area contributed by atoms with Gasteiger partial charge in [-0.2, -0.15) is 31.4 Å². The number of hydrogen-bond acceptors (Lipinski definition) is 3. The van der Waals surface area contributed by atoms with Crippen LogP contribution in [0.3, 0.4) is 0 Å². The van der Waals surface area contributed by atoms with Crippen molar-refractivity contribution in [1.82, 2.24) is 0 Å². The fraction of sp³-hybridized carbons (Fsp3) is 0.263. The summed E-state index contributed by atoms with van der Waals surface area (Å²) >= 11 is 0. The largest absolute Gasteiger partial charge is 0.416 e. The van der Waals surface area contributed by atoms with Crippen LogP contribution >= 0.6 is 0 Å². The highest BCUT2D eigenvalue weighted by Crippen LogP contribution is 2.31. The Morgan fingerprint density at radius 2 is 1.59 bits per heavy atom. The number of carbonyl (C=O) groups is 1. The molecule has 1 unspecified atom stereocenters. The number of nitrogens with one attached hydrogen (secondary N) is 2. The average molecular weight is 417 g/mol. The molecule has 0 aliphatic carbocycles. The van der Waals surface area contributed by atoms with E-state index in [-0.39, 0.29) is 11.4 Å². The zero-order valence-electron chi connectivity index (χ0n) is 15.3. The molecule has 1 atom stereocenters. The van der Waals surface area contributed by atoms with Crippen LogP contribution in [0.5, 0.6) is 0 Å². The Bertz CT molecular complexity index is 888. The van der Waals surface area contributed by atoms with E-state index in [4.69, 9.17) is 0 Å². The molecule has 0 radical (unpaired) electrons. The summed E-state index contributed by atoms with van der Waals surface area (Å²) in [6, 6.07) is 9.95. The molecule has 0 saturated carbocycles. The predicted molar refractivity (Wildman–Crippen MR) is 97.5 cm³/mol. The third kappa shape index (κ3) is 6.23. The molecular formula is C19H17F6N3O. The second kappa shape index (κ2) is 8.54. The van der Waals surface area contributed by atoms with Crippen molar-refractivity contribution in [2.24, 2.45) is 11.0 Å². The number of hydrazone groups is 1. The molecular weight excluding hydrogens is 400 g/mol. The Labute approximate surface area is 162 Å². The molecule has 0 fully saturated rings. The Balaban J connectivity index is 2.21. The van der Waals surface area contributed by atoms with Crippen molar-refractivity contribution in [2.45, 2.75) is 26.2 Å². The lowest BCUT2D eigenvalue weighted by Gasteiger charge is -2.20. The first kappa shape index (κ1) is 22.3. The minimum atomic E-state index is -4.95. The van der Waals surface area contributed by atoms with Crippen LogP contribution in [0, 0.1) is 12.8 Å². The van der Waals surface area contributed by atoms with Crippen LogP contribution in [0.1, 0.15) is 18.1 Å². The minimum absolute atomic E-state index is 0.168. The first-order chi connectivity index (χ1) is 13.4. The van der Waals surface area contributed by atoms with E-state index in [1.165, 1.54) is 18.2 Å². The van der Waals surface area contributed by atoms with Gasteiger partial charge in [-0.1, -0.05) is 23.8 Å². The molecule has 2 rings (SSSR count). The molecule has 2 N–H and O–H groups in total. The van der Waals surface area contributed by atoms with Gasteiger partial charge in [-0.15, -0.1) is 0 Å². The maximum absolute atomic E-state index is 13.4. The fourth-order valence-corrected chi connectivity index (χ4v) is 2.41. The Kier molecular flexibility index (Phi) is 6.55. The van der Waals surface area contributed by atoms with E-state index in [1.807, 2.05) is 0 Å². The Morgan fingerprint density at radius 3 is 2.14 bits per heavy atom. The van der Waals surface area contributed by atoms with Gasteiger partial charge in [0.2, 0.25) is 5.91 Å². The molecule has 0 spiro atoms. The molecule has 0 aromatic heterocycles. The number of aryl methyl sites for hydroxylation is 1. The number of benzene rings is 2. The van der Waals surface area contributed by atoms with Crippen LogP contribution in [0.2, 0.25) is 0 Å². The topological polar surface area (TPSA) is 53.5 Å². The number of hydrogen-bond donors (Lipinski definition) is 2. The Hall–Kier alpha value is -3.04. The van der Waals surface area contributed by atoms with Gasteiger partial charge in [-0.25, -0.2) is 0 Å². The summed E-state index contributed by atoms with van der Waals surface area (Å²) in [7, 11) is 0. The van der Waals surface area contributed by atoms with Gasteiger partial charge in [0.25, 0.3) is 0 Å². The summed E-state index contributed by atoms with van der Waals surface area (Å²) in [5.41, 5.74) is 1.37. The molecule has 0 aliphatic heterocycles. The van der Waals surface area contributed by atoms with Gasteiger partial charge in [0.05, 0.1) is 17.0 Å². The van der Waals surface area contributed by atoms with E-state index < -0.39 is 35.5 Å². The van der Waals surface area contributed by atoms with E-state index in [0.29, 0.717) is 6.07 Å². The SMILES string of the molecule is CC(=NNc1cccc(C(F)(F)F)c1)C(C(=O)Nc1ccc(C)cc1)C(F)(F)F. The molecule has 0 heterocycles. The third-order valence-corrected chi connectivity index (χ3v) is 3.88. The molecule has 10 heteroatoms. The van der Waals surface area contributed by atoms with Crippen molar-refractivity contribution in [3.8, 4) is 0 Å². The lowest BCUT2D eigenvalue weighted by molar-refractivity contribution is -0.165. The Morgan fingerprint density at radius 1 is 0.966 bits per heavy atom. The number of carbonyl (C=O) groups excluding carboxylic acids is 1. The van der Waals surface area contributed by atoms with Crippen molar-refractivity contribution >= 4 is 23.0 Å². The summed E-state index contributed by atoms with van der Waals surface area (Å²) < 4.78 is 78.4. The maximum Gasteiger partial charge on any atom is 0.416 e. The highest BCUT2D eigenvalue weighted by Gasteiger charge is 2.47. The van der Waals surface area contributed by atoms with Crippen LogP contribution in [-0.2, 0) is 11.0 Å². The molecule has 29 heavy (non-hydrogen) atoms. The number of rotatable bonds is 5. The van der Waals surface area contributed by atoms with E-state index in [0.717, 1.165) is 24.6 Å². The lowest BCUT2D eigenvalue weighted by atomic mass is 10.0. The van der Waals surface area contributed by atoms with Gasteiger partial charge >= 0.3 is 12.4 Å². The maximum atomic E-state index is 13.4. The first-order valence-corrected chi connectivity index (χ1v) is 8.29. The minimum Gasteiger partial charge on any atom is -0.325 e. The van der Waals surface area contributed by atoms with Gasteiger partial charge in [-0.3, -0.25) is 10.2 Å². The van der Waals surface area contributed by atoms with Crippen molar-refractivity contribution in [2.75, 3.05) is 10.7 Å². The molecule has 0 bridgehead atoms. The van der Waals surface area contributed by atoms with Crippen LogP contribution < -0.4 is 10.7 Å². The van der Waals surface area contributed by atoms with Gasteiger partial charge in [0, 0.05) is 5.69 Å². The van der Waals surface area contributed by atoms with Crippen LogP contribution in [-0.4, -0.2) is 17.8 Å². The molecule has 2 aromatic rings. The predicted octanol–water partition coefficient (Wildman–Crippen LogP) is 5.62. The summed E-state index contributed by atoms with van der Waals surface area (Å²) in [5, 5.41) is 5.65. The van der Waals surface area contributed by atoms with Crippen molar-refractivity contribution in [3.63, 3.8) is 0 Å². The number of halogens is 6. The van der Waals surface area contributed by atoms with Crippen molar-refractivity contribution < 1.29 is 31.1 Å². The monoisotopic (exact) mass is 417 g/mol. The first-order valence-electron chi connectivity index (χ1n) is 8.29. The number of amides is 1. The van der Waals surface area contributed by atoms with E-state index in [1.54, 1.807) is 19.1 Å². The van der Waals surface area contributed by atoms with Gasteiger partial charge in [0.15, 0.2) is 5.92 Å². The smallest absolute Gasteiger partial charge is 0.325 e. The van der Waals surface area contributed by atoms with E-state index >= 15 is 0 Å². The number of anilines is 2. The summed E-state index contributed by atoms with van der Waals surface area (Å²) in [4.78, 5) is 12.2. The van der Waals surface area contributed by atoms with Gasteiger partial charge < -0.3 is 5.32 Å². The van der Waals surface area contributed by atoms with E-state index in [2.05, 4.69) is 15.8 Å². The summed E-state index contributed by atoms with van der Waals surface area (Å²) in [6.45, 7) is 2.74. The average Bonchev–Trinajstić information content (AvgIpc) is 2.60. The second-order valence-electron chi connectivity index (χ2n) is 6.27. The lowest BCUT2D eigenvalue weighted by Crippen LogP contribution is -2.40. The third-order valence-electron chi connectivity index (χ3n) is 3.88. The van der Waals surface area contributed by atoms with Gasteiger partial charge in [-0.05, 0) is 44.2 Å². The highest BCUT2D eigenvalue weighted by molar-refractivity contribution is 6.09. The molecule has 0 saturated heterocycles. The summed E-state index contributed by atoms with van der Waals surface area (Å²) in [5.74, 6) is -3.93. The van der Waals surface area contributed by atoms with Crippen LogP contribution in [0.15, 0.2) is 53.6 Å². The molecule has 1 amide bonds. The van der Waals surface area contributed by atoms with E-state index in [9.17, 15) is 31.1 Å². The van der Waals surface area contributed by atoms with Crippen molar-refractivity contribution in [1.29, 1.82) is 0 Å². The molecule has 0 aliphatic rings. The quantitative estimate of drug-likeness (QED) is 0.377. The number of alkyl halides is 6. The second-order valence-corrected chi connectivity index (χ2v) is 6.27. The number of nitrogens with zero attached hydrogens (tertiary/aromatic N) is 1. The standard InChI is InChI=1S/C19H17F6N3O/c1-11-6-8-14(9-7-11)26-17(29)16(19(23,24)25)12(2)27-28-15-5-3-4-13(10-15)18(20,21)22/h3-10,16,28H,1-2H3,(H,26,29). The fourth-order valence-electron chi connectivity index (χ4n) is 2.41. The highest BCUT2D eigenvalue weighted by atomic mass is 19.4. The normalized spacial score (nSPS) is 13.7. The molecule has 2 aromatic carbocycles. The molecule has 156 valence electrons. The van der Waals surface area contributed by atoms with Crippen molar-refractivity contribution in [3.05, 3.63) is 59.7 Å². The molecule has 4 nitrogen and oxygen atoms in total. The zero-order chi connectivity index (χ0) is 21.8. The zero-order valence-corrected chi connectivity index (χ0v) is 15.3. The summed E-state index contributed by atoms with van der Waals surface area (Å²) in [6.07, 6.45) is -9.56.